The van der Waals surface area contributed by atoms with Gasteiger partial charge < -0.3 is 14.1 Å². The largest absolute Gasteiger partial charge is 0.494 e. The maximum Gasteiger partial charge on any atom is 0.494 e. The molecule has 112 valence electrons. The van der Waals surface area contributed by atoms with Crippen LogP contribution in [0.3, 0.4) is 0 Å². The third-order valence-corrected chi connectivity index (χ3v) is 5.30. The first-order valence-corrected chi connectivity index (χ1v) is 7.73. The summed E-state index contributed by atoms with van der Waals surface area (Å²) in [7, 11) is -0.298. The Balaban J connectivity index is 1.70. The van der Waals surface area contributed by atoms with Gasteiger partial charge in [0.2, 0.25) is 0 Å². The second-order valence-corrected chi connectivity index (χ2v) is 7.32. The number of carbonyl (C=O) groups is 1. The summed E-state index contributed by atoms with van der Waals surface area (Å²) in [4.78, 5) is 10.7. The Morgan fingerprint density at radius 2 is 1.57 bits per heavy atom. The third-order valence-electron chi connectivity index (χ3n) is 5.30. The second kappa shape index (κ2) is 4.96. The molecule has 1 saturated carbocycles. The van der Waals surface area contributed by atoms with E-state index in [1.807, 2.05) is 0 Å². The summed E-state index contributed by atoms with van der Waals surface area (Å²) in [6.45, 7) is 8.26. The van der Waals surface area contributed by atoms with Crippen molar-refractivity contribution in [3.8, 4) is 0 Å². The summed E-state index contributed by atoms with van der Waals surface area (Å²) in [6.07, 6.45) is 3.05. The summed E-state index contributed by atoms with van der Waals surface area (Å²) in [5, 5.41) is 0. The molecular weight excluding hydrogens is 263 g/mol. The van der Waals surface area contributed by atoms with Crippen LogP contribution >= 0.6 is 0 Å². The minimum atomic E-state index is -0.304. The van der Waals surface area contributed by atoms with Gasteiger partial charge in [-0.25, -0.2) is 0 Å². The van der Waals surface area contributed by atoms with Crippen molar-refractivity contribution in [2.24, 2.45) is 5.92 Å². The van der Waals surface area contributed by atoms with Crippen LogP contribution in [-0.2, 0) is 14.1 Å². The Bertz CT molecular complexity index is 513. The lowest BCUT2D eigenvalue weighted by atomic mass is 9.71. The highest BCUT2D eigenvalue weighted by molar-refractivity contribution is 6.62. The Labute approximate surface area is 127 Å². The smallest absolute Gasteiger partial charge is 0.399 e. The van der Waals surface area contributed by atoms with E-state index in [-0.39, 0.29) is 24.2 Å². The van der Waals surface area contributed by atoms with Gasteiger partial charge in [0, 0.05) is 5.92 Å². The minimum absolute atomic E-state index is 0.262. The molecule has 1 saturated heterocycles. The van der Waals surface area contributed by atoms with Crippen molar-refractivity contribution in [2.75, 3.05) is 0 Å². The van der Waals surface area contributed by atoms with Gasteiger partial charge in [0.25, 0.3) is 0 Å². The molecule has 0 aromatic heterocycles. The molecule has 0 spiro atoms. The van der Waals surface area contributed by atoms with Gasteiger partial charge in [-0.3, -0.25) is 0 Å². The molecule has 2 aliphatic rings. The highest BCUT2D eigenvalue weighted by Gasteiger charge is 2.51. The number of aldehydes is 1. The van der Waals surface area contributed by atoms with Crippen LogP contribution in [0, 0.1) is 5.92 Å². The predicted octanol–water partition coefficient (Wildman–Crippen LogP) is 2.68. The lowest BCUT2D eigenvalue weighted by molar-refractivity contribution is -0.113. The normalized spacial score (nSPS) is 30.0. The standard InChI is InChI=1S/C17H23BO3/c1-16(2)17(3,4)21-18(20-16)15-7-5-13(6-8-15)14-9-12(10-14)11-19/h5-8,11-12,14H,9-10H2,1-4H3. The van der Waals surface area contributed by atoms with Gasteiger partial charge >= 0.3 is 7.12 Å². The highest BCUT2D eigenvalue weighted by atomic mass is 16.7. The number of hydrogen-bond acceptors (Lipinski definition) is 3. The van der Waals surface area contributed by atoms with Crippen LogP contribution in [0.25, 0.3) is 0 Å². The molecule has 0 N–H and O–H groups in total. The number of carbonyl (C=O) groups excluding carboxylic acids is 1. The Morgan fingerprint density at radius 3 is 2.05 bits per heavy atom. The molecule has 1 aliphatic carbocycles. The topological polar surface area (TPSA) is 35.5 Å². The van der Waals surface area contributed by atoms with E-state index in [2.05, 4.69) is 52.0 Å². The van der Waals surface area contributed by atoms with E-state index in [0.717, 1.165) is 24.6 Å². The van der Waals surface area contributed by atoms with E-state index in [0.29, 0.717) is 5.92 Å². The van der Waals surface area contributed by atoms with Crippen LogP contribution in [0.4, 0.5) is 0 Å². The van der Waals surface area contributed by atoms with Crippen molar-refractivity contribution >= 4 is 18.9 Å². The van der Waals surface area contributed by atoms with Crippen molar-refractivity contribution in [2.45, 2.75) is 57.7 Å². The average Bonchev–Trinajstić information content (AvgIpc) is 2.58. The molecule has 0 radical (unpaired) electrons. The molecule has 1 aromatic rings. The van der Waals surface area contributed by atoms with Crippen LogP contribution in [0.5, 0.6) is 0 Å². The third kappa shape index (κ3) is 2.55. The first-order valence-electron chi connectivity index (χ1n) is 7.73. The second-order valence-electron chi connectivity index (χ2n) is 7.32. The maximum absolute atomic E-state index is 10.7. The molecule has 0 amide bonds. The molecule has 2 fully saturated rings. The molecule has 0 unspecified atom stereocenters. The molecule has 1 aromatic carbocycles. The predicted molar refractivity (Wildman–Crippen MR) is 83.7 cm³/mol. The number of hydrogen-bond donors (Lipinski definition) is 0. The SMILES string of the molecule is CC1(C)OB(c2ccc(C3CC(C=O)C3)cc2)OC1(C)C. The zero-order chi connectivity index (χ0) is 15.3. The Hall–Kier alpha value is -1.13. The molecule has 21 heavy (non-hydrogen) atoms. The lowest BCUT2D eigenvalue weighted by Crippen LogP contribution is -2.41. The van der Waals surface area contributed by atoms with Crippen LogP contribution in [0.15, 0.2) is 24.3 Å². The summed E-state index contributed by atoms with van der Waals surface area (Å²) >= 11 is 0. The van der Waals surface area contributed by atoms with Crippen LogP contribution in [-0.4, -0.2) is 24.6 Å². The van der Waals surface area contributed by atoms with Crippen molar-refractivity contribution in [3.05, 3.63) is 29.8 Å². The monoisotopic (exact) mass is 286 g/mol. The van der Waals surface area contributed by atoms with Gasteiger partial charge in [0.15, 0.2) is 0 Å². The maximum atomic E-state index is 10.7. The fourth-order valence-electron chi connectivity index (χ4n) is 2.95. The van der Waals surface area contributed by atoms with Gasteiger partial charge in [0.05, 0.1) is 11.2 Å². The Kier molecular flexibility index (Phi) is 3.49. The van der Waals surface area contributed by atoms with E-state index in [4.69, 9.17) is 9.31 Å². The average molecular weight is 286 g/mol. The van der Waals surface area contributed by atoms with E-state index < -0.39 is 0 Å². The summed E-state index contributed by atoms with van der Waals surface area (Å²) < 4.78 is 12.1. The van der Waals surface area contributed by atoms with Gasteiger partial charge in [0.1, 0.15) is 6.29 Å². The zero-order valence-electron chi connectivity index (χ0n) is 13.3. The van der Waals surface area contributed by atoms with Gasteiger partial charge in [-0.05, 0) is 57.5 Å². The first kappa shape index (κ1) is 14.8. The Morgan fingerprint density at radius 1 is 1.05 bits per heavy atom. The van der Waals surface area contributed by atoms with Gasteiger partial charge in [-0.15, -0.1) is 0 Å². The minimum Gasteiger partial charge on any atom is -0.399 e. The van der Waals surface area contributed by atoms with Gasteiger partial charge in [-0.1, -0.05) is 24.3 Å². The van der Waals surface area contributed by atoms with Crippen LogP contribution in [0.1, 0.15) is 52.0 Å². The van der Waals surface area contributed by atoms with Crippen molar-refractivity contribution < 1.29 is 14.1 Å². The zero-order valence-corrected chi connectivity index (χ0v) is 13.3. The molecule has 1 heterocycles. The molecule has 1 aliphatic heterocycles. The number of rotatable bonds is 3. The quantitative estimate of drug-likeness (QED) is 0.633. The van der Waals surface area contributed by atoms with Crippen LogP contribution < -0.4 is 5.46 Å². The van der Waals surface area contributed by atoms with E-state index in [1.54, 1.807) is 0 Å². The van der Waals surface area contributed by atoms with Crippen LogP contribution in [0.2, 0.25) is 0 Å². The van der Waals surface area contributed by atoms with Crippen molar-refractivity contribution in [3.63, 3.8) is 0 Å². The molecular formula is C17H23BO3. The first-order chi connectivity index (χ1) is 9.82. The van der Waals surface area contributed by atoms with Crippen molar-refractivity contribution in [1.82, 2.24) is 0 Å². The number of benzene rings is 1. The van der Waals surface area contributed by atoms with E-state index in [9.17, 15) is 4.79 Å². The summed E-state index contributed by atoms with van der Waals surface area (Å²) in [6, 6.07) is 8.47. The fraction of sp³-hybridized carbons (Fsp3) is 0.588. The molecule has 4 heteroatoms. The van der Waals surface area contributed by atoms with Gasteiger partial charge in [-0.2, -0.15) is 0 Å². The highest BCUT2D eigenvalue weighted by Crippen LogP contribution is 2.40. The molecule has 3 rings (SSSR count). The summed E-state index contributed by atoms with van der Waals surface area (Å²) in [5.41, 5.74) is 1.76. The summed E-state index contributed by atoms with van der Waals surface area (Å²) in [5.74, 6) is 0.797. The fourth-order valence-corrected chi connectivity index (χ4v) is 2.95. The van der Waals surface area contributed by atoms with E-state index in [1.165, 1.54) is 5.56 Å². The molecule has 0 bridgehead atoms. The molecule has 3 nitrogen and oxygen atoms in total. The molecule has 0 atom stereocenters. The van der Waals surface area contributed by atoms with Crippen molar-refractivity contribution in [1.29, 1.82) is 0 Å². The van der Waals surface area contributed by atoms with E-state index >= 15 is 0 Å². The lowest BCUT2D eigenvalue weighted by Gasteiger charge is -2.32.